The molecule has 1 aromatic carbocycles. The summed E-state index contributed by atoms with van der Waals surface area (Å²) in [6, 6.07) is 2.79. The number of ether oxygens (including phenoxy) is 1. The van der Waals surface area contributed by atoms with Crippen LogP contribution in [0.1, 0.15) is 10.4 Å². The standard InChI is InChI=1S/C9H7FO5/c10-5-1-2-6(9(13)14)7(3-5)15-4-8(11)12/h1-3H,4H2,(H,11,12)(H,13,14). The molecule has 0 radical (unpaired) electrons. The normalized spacial score (nSPS) is 9.67. The van der Waals surface area contributed by atoms with Crippen molar-refractivity contribution in [1.29, 1.82) is 0 Å². The van der Waals surface area contributed by atoms with Crippen LogP contribution in [0, 0.1) is 5.82 Å². The zero-order valence-electron chi connectivity index (χ0n) is 7.44. The third kappa shape index (κ3) is 2.94. The number of carboxylic acids is 2. The Bertz CT molecular complexity index is 401. The molecular formula is C9H7FO5. The molecule has 0 amide bonds. The van der Waals surface area contributed by atoms with Crippen LogP contribution in [0.3, 0.4) is 0 Å². The summed E-state index contributed by atoms with van der Waals surface area (Å²) in [4.78, 5) is 20.8. The van der Waals surface area contributed by atoms with Crippen LogP contribution < -0.4 is 4.74 Å². The van der Waals surface area contributed by atoms with Gasteiger partial charge >= 0.3 is 11.9 Å². The van der Waals surface area contributed by atoms with E-state index in [0.717, 1.165) is 18.2 Å². The van der Waals surface area contributed by atoms with E-state index in [9.17, 15) is 14.0 Å². The third-order valence-electron chi connectivity index (χ3n) is 1.53. The van der Waals surface area contributed by atoms with Gasteiger partial charge < -0.3 is 14.9 Å². The zero-order chi connectivity index (χ0) is 11.4. The number of halogens is 1. The lowest BCUT2D eigenvalue weighted by atomic mass is 10.2. The molecule has 0 saturated heterocycles. The predicted molar refractivity (Wildman–Crippen MR) is 46.5 cm³/mol. The first-order valence-electron chi connectivity index (χ1n) is 3.88. The minimum Gasteiger partial charge on any atom is -0.481 e. The fourth-order valence-corrected chi connectivity index (χ4v) is 0.932. The van der Waals surface area contributed by atoms with Crippen molar-refractivity contribution in [3.05, 3.63) is 29.6 Å². The number of benzene rings is 1. The molecule has 1 aromatic rings. The van der Waals surface area contributed by atoms with E-state index < -0.39 is 24.4 Å². The molecule has 0 aromatic heterocycles. The Morgan fingerprint density at radius 2 is 2.00 bits per heavy atom. The summed E-state index contributed by atoms with van der Waals surface area (Å²) in [5.41, 5.74) is -0.280. The second-order valence-electron chi connectivity index (χ2n) is 2.63. The Morgan fingerprint density at radius 3 is 2.53 bits per heavy atom. The lowest BCUT2D eigenvalue weighted by Gasteiger charge is -2.06. The first-order chi connectivity index (χ1) is 7.00. The number of hydrogen-bond acceptors (Lipinski definition) is 3. The Hall–Kier alpha value is -2.11. The molecular weight excluding hydrogens is 207 g/mol. The summed E-state index contributed by atoms with van der Waals surface area (Å²) < 4.78 is 17.3. The average molecular weight is 214 g/mol. The lowest BCUT2D eigenvalue weighted by molar-refractivity contribution is -0.139. The van der Waals surface area contributed by atoms with Gasteiger partial charge in [-0.3, -0.25) is 0 Å². The van der Waals surface area contributed by atoms with Gasteiger partial charge in [-0.05, 0) is 12.1 Å². The van der Waals surface area contributed by atoms with Crippen molar-refractivity contribution >= 4 is 11.9 Å². The zero-order valence-corrected chi connectivity index (χ0v) is 7.44. The van der Waals surface area contributed by atoms with E-state index in [0.29, 0.717) is 0 Å². The minimum atomic E-state index is -1.31. The molecule has 0 atom stereocenters. The van der Waals surface area contributed by atoms with E-state index in [4.69, 9.17) is 10.2 Å². The Kier molecular flexibility index (Phi) is 3.22. The van der Waals surface area contributed by atoms with Gasteiger partial charge in [0.2, 0.25) is 0 Å². The molecule has 0 fully saturated rings. The number of aromatic carboxylic acids is 1. The number of hydrogen-bond donors (Lipinski definition) is 2. The molecule has 1 rings (SSSR count). The van der Waals surface area contributed by atoms with Crippen molar-refractivity contribution in [2.24, 2.45) is 0 Å². The highest BCUT2D eigenvalue weighted by atomic mass is 19.1. The highest BCUT2D eigenvalue weighted by Gasteiger charge is 2.13. The van der Waals surface area contributed by atoms with Crippen molar-refractivity contribution < 1.29 is 28.9 Å². The van der Waals surface area contributed by atoms with Gasteiger partial charge in [-0.15, -0.1) is 0 Å². The van der Waals surface area contributed by atoms with Gasteiger partial charge in [0.1, 0.15) is 17.1 Å². The van der Waals surface area contributed by atoms with Gasteiger partial charge in [0, 0.05) is 6.07 Å². The van der Waals surface area contributed by atoms with E-state index in [-0.39, 0.29) is 11.3 Å². The van der Waals surface area contributed by atoms with Crippen molar-refractivity contribution in [2.75, 3.05) is 6.61 Å². The highest BCUT2D eigenvalue weighted by Crippen LogP contribution is 2.19. The third-order valence-corrected chi connectivity index (χ3v) is 1.53. The Balaban J connectivity index is 2.96. The Labute approximate surface area is 83.7 Å². The molecule has 80 valence electrons. The second-order valence-corrected chi connectivity index (χ2v) is 2.63. The smallest absolute Gasteiger partial charge is 0.341 e. The molecule has 0 bridgehead atoms. The van der Waals surface area contributed by atoms with Crippen LogP contribution in [0.25, 0.3) is 0 Å². The summed E-state index contributed by atoms with van der Waals surface area (Å²) in [5.74, 6) is -3.57. The molecule has 2 N–H and O–H groups in total. The van der Waals surface area contributed by atoms with Crippen molar-refractivity contribution in [3.63, 3.8) is 0 Å². The largest absolute Gasteiger partial charge is 0.481 e. The fraction of sp³-hybridized carbons (Fsp3) is 0.111. The number of carbonyl (C=O) groups is 2. The number of rotatable bonds is 4. The molecule has 5 nitrogen and oxygen atoms in total. The number of aliphatic carboxylic acids is 1. The maximum atomic E-state index is 12.7. The van der Waals surface area contributed by atoms with Gasteiger partial charge in [0.15, 0.2) is 6.61 Å². The average Bonchev–Trinajstić information content (AvgIpc) is 2.14. The molecule has 0 aliphatic heterocycles. The first kappa shape index (κ1) is 11.0. The lowest BCUT2D eigenvalue weighted by Crippen LogP contribution is -2.12. The molecule has 0 aliphatic rings. The molecule has 0 saturated carbocycles. The van der Waals surface area contributed by atoms with Crippen LogP contribution in [-0.4, -0.2) is 28.8 Å². The van der Waals surface area contributed by atoms with E-state index >= 15 is 0 Å². The van der Waals surface area contributed by atoms with Gasteiger partial charge in [-0.2, -0.15) is 0 Å². The SMILES string of the molecule is O=C(O)COc1cc(F)ccc1C(=O)O. The summed E-state index contributed by atoms with van der Waals surface area (Å²) in [6.07, 6.45) is 0. The highest BCUT2D eigenvalue weighted by molar-refractivity contribution is 5.90. The van der Waals surface area contributed by atoms with Gasteiger partial charge in [-0.1, -0.05) is 0 Å². The maximum absolute atomic E-state index is 12.7. The fourth-order valence-electron chi connectivity index (χ4n) is 0.932. The van der Waals surface area contributed by atoms with Crippen LogP contribution >= 0.6 is 0 Å². The first-order valence-corrected chi connectivity index (χ1v) is 3.88. The summed E-state index contributed by atoms with van der Waals surface area (Å²) >= 11 is 0. The van der Waals surface area contributed by atoms with Crippen LogP contribution in [0.2, 0.25) is 0 Å². The second kappa shape index (κ2) is 4.41. The van der Waals surface area contributed by atoms with Crippen molar-refractivity contribution in [1.82, 2.24) is 0 Å². The topological polar surface area (TPSA) is 83.8 Å². The summed E-state index contributed by atoms with van der Waals surface area (Å²) in [6.45, 7) is -0.719. The predicted octanol–water partition coefficient (Wildman–Crippen LogP) is 0.987. The summed E-state index contributed by atoms with van der Waals surface area (Å²) in [5, 5.41) is 17.0. The minimum absolute atomic E-state index is 0.280. The van der Waals surface area contributed by atoms with E-state index in [1.165, 1.54) is 0 Å². The van der Waals surface area contributed by atoms with Gasteiger partial charge in [0.25, 0.3) is 0 Å². The van der Waals surface area contributed by atoms with Gasteiger partial charge in [-0.25, -0.2) is 14.0 Å². The van der Waals surface area contributed by atoms with Crippen LogP contribution in [-0.2, 0) is 4.79 Å². The van der Waals surface area contributed by atoms with Crippen LogP contribution in [0.15, 0.2) is 18.2 Å². The Morgan fingerprint density at radius 1 is 1.33 bits per heavy atom. The molecule has 0 aliphatic carbocycles. The molecule has 0 unspecified atom stereocenters. The monoisotopic (exact) mass is 214 g/mol. The van der Waals surface area contributed by atoms with E-state index in [2.05, 4.69) is 4.74 Å². The van der Waals surface area contributed by atoms with Crippen LogP contribution in [0.4, 0.5) is 4.39 Å². The molecule has 0 spiro atoms. The van der Waals surface area contributed by atoms with E-state index in [1.54, 1.807) is 0 Å². The maximum Gasteiger partial charge on any atom is 0.341 e. The number of carboxylic acid groups (broad SMARTS) is 2. The van der Waals surface area contributed by atoms with Crippen LogP contribution in [0.5, 0.6) is 5.75 Å². The van der Waals surface area contributed by atoms with Crippen molar-refractivity contribution in [2.45, 2.75) is 0 Å². The molecule has 6 heteroatoms. The summed E-state index contributed by atoms with van der Waals surface area (Å²) in [7, 11) is 0. The van der Waals surface area contributed by atoms with Gasteiger partial charge in [0.05, 0.1) is 0 Å². The quantitative estimate of drug-likeness (QED) is 0.780. The van der Waals surface area contributed by atoms with E-state index in [1.807, 2.05) is 0 Å². The molecule has 15 heavy (non-hydrogen) atoms. The van der Waals surface area contributed by atoms with Crippen molar-refractivity contribution in [3.8, 4) is 5.75 Å². The molecule has 0 heterocycles.